The summed E-state index contributed by atoms with van der Waals surface area (Å²) in [6, 6.07) is 16.4. The van der Waals surface area contributed by atoms with Crippen LogP contribution in [-0.4, -0.2) is 28.1 Å². The number of carbonyl (C=O) groups excluding carboxylic acids is 1. The highest BCUT2D eigenvalue weighted by Crippen LogP contribution is 2.16. The second-order valence-corrected chi connectivity index (χ2v) is 6.90. The average molecular weight is 422 g/mol. The third-order valence-corrected chi connectivity index (χ3v) is 4.86. The summed E-state index contributed by atoms with van der Waals surface area (Å²) >= 11 is 0. The maximum atomic E-state index is 12.9. The number of ketones is 1. The lowest BCUT2D eigenvalue weighted by atomic mass is 10.1. The van der Waals surface area contributed by atoms with Gasteiger partial charge in [-0.2, -0.15) is 0 Å². The Bertz CT molecular complexity index is 1170. The molecule has 0 aliphatic heterocycles. The summed E-state index contributed by atoms with van der Waals surface area (Å²) in [5.41, 5.74) is 6.30. The molecule has 0 atom stereocenters. The number of rotatable bonds is 9. The average Bonchev–Trinajstić information content (AvgIpc) is 2.77. The first kappa shape index (κ1) is 21.9. The Labute approximate surface area is 179 Å². The van der Waals surface area contributed by atoms with Crippen LogP contribution in [0, 0.1) is 0 Å². The molecule has 2 aromatic carbocycles. The lowest BCUT2D eigenvalue weighted by molar-refractivity contribution is 0.100. The Morgan fingerprint density at radius 1 is 1.00 bits per heavy atom. The van der Waals surface area contributed by atoms with Crippen LogP contribution in [0.1, 0.15) is 29.8 Å². The highest BCUT2D eigenvalue weighted by atomic mass is 16.5. The summed E-state index contributed by atoms with van der Waals surface area (Å²) in [4.78, 5) is 38.5. The van der Waals surface area contributed by atoms with Gasteiger partial charge in [-0.05, 0) is 43.7 Å². The van der Waals surface area contributed by atoms with E-state index < -0.39 is 17.0 Å². The number of hydrogen-bond acceptors (Lipinski definition) is 6. The number of nitrogens with two attached hydrogens (primary N) is 1. The van der Waals surface area contributed by atoms with E-state index in [1.165, 1.54) is 4.57 Å². The molecule has 0 aliphatic carbocycles. The van der Waals surface area contributed by atoms with E-state index in [0.717, 1.165) is 15.9 Å². The van der Waals surface area contributed by atoms with Crippen LogP contribution >= 0.6 is 0 Å². The number of nitrogens with zero attached hydrogens (tertiary/aromatic N) is 2. The molecular formula is C23H26N4O4. The van der Waals surface area contributed by atoms with Crippen molar-refractivity contribution in [2.45, 2.75) is 26.9 Å². The summed E-state index contributed by atoms with van der Waals surface area (Å²) in [6.07, 6.45) is 0. The first-order chi connectivity index (χ1) is 15.0. The van der Waals surface area contributed by atoms with Crippen LogP contribution in [-0.2, 0) is 13.1 Å². The summed E-state index contributed by atoms with van der Waals surface area (Å²) in [6.45, 7) is 4.30. The van der Waals surface area contributed by atoms with Gasteiger partial charge in [0.25, 0.3) is 5.56 Å². The molecule has 0 amide bonds. The largest absolute Gasteiger partial charge is 0.494 e. The van der Waals surface area contributed by atoms with Gasteiger partial charge in [-0.25, -0.2) is 4.79 Å². The maximum Gasteiger partial charge on any atom is 0.332 e. The van der Waals surface area contributed by atoms with Crippen molar-refractivity contribution in [2.75, 3.05) is 24.2 Å². The molecule has 31 heavy (non-hydrogen) atoms. The van der Waals surface area contributed by atoms with Crippen LogP contribution in [0.25, 0.3) is 0 Å². The van der Waals surface area contributed by atoms with Crippen LogP contribution in [0.2, 0.25) is 0 Å². The Morgan fingerprint density at radius 2 is 1.68 bits per heavy atom. The first-order valence-corrected chi connectivity index (χ1v) is 10.1. The number of carbonyl (C=O) groups is 1. The molecule has 0 bridgehead atoms. The van der Waals surface area contributed by atoms with Crippen molar-refractivity contribution >= 4 is 17.3 Å². The summed E-state index contributed by atoms with van der Waals surface area (Å²) < 4.78 is 7.70. The van der Waals surface area contributed by atoms with E-state index in [1.807, 2.05) is 37.3 Å². The van der Waals surface area contributed by atoms with Crippen LogP contribution in [0.5, 0.6) is 5.75 Å². The molecule has 8 heteroatoms. The van der Waals surface area contributed by atoms with Crippen LogP contribution in [0.15, 0.2) is 64.2 Å². The second-order valence-electron chi connectivity index (χ2n) is 6.90. The molecule has 3 aromatic rings. The van der Waals surface area contributed by atoms with Gasteiger partial charge in [0.15, 0.2) is 5.78 Å². The van der Waals surface area contributed by atoms with Gasteiger partial charge in [-0.15, -0.1) is 0 Å². The smallest absolute Gasteiger partial charge is 0.332 e. The highest BCUT2D eigenvalue weighted by Gasteiger charge is 2.22. The lowest BCUT2D eigenvalue weighted by Gasteiger charge is -2.16. The molecule has 0 saturated carbocycles. The first-order valence-electron chi connectivity index (χ1n) is 10.1. The molecule has 0 fully saturated rings. The number of nitrogens with one attached hydrogen (secondary N) is 1. The van der Waals surface area contributed by atoms with E-state index in [2.05, 4.69) is 5.32 Å². The molecule has 0 aliphatic rings. The predicted octanol–water partition coefficient (Wildman–Crippen LogP) is 2.35. The Balaban J connectivity index is 1.90. The molecule has 8 nitrogen and oxygen atoms in total. The van der Waals surface area contributed by atoms with Gasteiger partial charge in [0.05, 0.1) is 19.7 Å². The number of Topliss-reactive ketones (excluding diaryl/α,β-unsaturated/α-hetero) is 1. The zero-order valence-corrected chi connectivity index (χ0v) is 17.6. The molecule has 0 radical (unpaired) electrons. The molecule has 162 valence electrons. The van der Waals surface area contributed by atoms with Crippen LogP contribution in [0.4, 0.5) is 11.5 Å². The van der Waals surface area contributed by atoms with Crippen molar-refractivity contribution in [1.82, 2.24) is 9.13 Å². The fourth-order valence-electron chi connectivity index (χ4n) is 3.28. The van der Waals surface area contributed by atoms with Crippen molar-refractivity contribution in [2.24, 2.45) is 0 Å². The fourth-order valence-corrected chi connectivity index (χ4v) is 3.28. The normalized spacial score (nSPS) is 10.6. The van der Waals surface area contributed by atoms with Gasteiger partial charge in [-0.3, -0.25) is 18.7 Å². The third-order valence-electron chi connectivity index (χ3n) is 4.86. The summed E-state index contributed by atoms with van der Waals surface area (Å²) in [5.74, 6) is 0.116. The van der Waals surface area contributed by atoms with Gasteiger partial charge in [0, 0.05) is 12.2 Å². The number of nitrogen functional groups attached to an aromatic ring is 1. The summed E-state index contributed by atoms with van der Waals surface area (Å²) in [7, 11) is 0. The van der Waals surface area contributed by atoms with E-state index in [1.54, 1.807) is 31.2 Å². The predicted molar refractivity (Wildman–Crippen MR) is 121 cm³/mol. The number of hydrogen-bond donors (Lipinski definition) is 2. The van der Waals surface area contributed by atoms with E-state index in [9.17, 15) is 14.4 Å². The van der Waals surface area contributed by atoms with Crippen molar-refractivity contribution in [3.05, 3.63) is 86.6 Å². The van der Waals surface area contributed by atoms with Crippen molar-refractivity contribution in [1.29, 1.82) is 0 Å². The van der Waals surface area contributed by atoms with Crippen LogP contribution < -0.4 is 27.0 Å². The minimum atomic E-state index is -0.673. The van der Waals surface area contributed by atoms with Gasteiger partial charge in [0.2, 0.25) is 0 Å². The lowest BCUT2D eigenvalue weighted by Crippen LogP contribution is -2.44. The summed E-state index contributed by atoms with van der Waals surface area (Å²) in [5, 5.41) is 2.99. The van der Waals surface area contributed by atoms with Crippen molar-refractivity contribution in [3.63, 3.8) is 0 Å². The monoisotopic (exact) mass is 422 g/mol. The van der Waals surface area contributed by atoms with Crippen molar-refractivity contribution in [3.8, 4) is 5.75 Å². The van der Waals surface area contributed by atoms with Gasteiger partial charge in [0.1, 0.15) is 17.1 Å². The van der Waals surface area contributed by atoms with Gasteiger partial charge in [-0.1, -0.05) is 30.3 Å². The van der Waals surface area contributed by atoms with E-state index in [0.29, 0.717) is 12.3 Å². The van der Waals surface area contributed by atoms with Gasteiger partial charge >= 0.3 is 5.69 Å². The second kappa shape index (κ2) is 9.80. The number of anilines is 2. The van der Waals surface area contributed by atoms with E-state index in [-0.39, 0.29) is 31.0 Å². The van der Waals surface area contributed by atoms with Crippen molar-refractivity contribution < 1.29 is 9.53 Å². The zero-order chi connectivity index (χ0) is 22.4. The third kappa shape index (κ3) is 4.85. The maximum absolute atomic E-state index is 12.9. The Kier molecular flexibility index (Phi) is 6.92. The standard InChI is InChI=1S/C23H26N4O4/c1-3-26-22(29)20(19(28)14-25-17-10-12-18(13-11-17)31-4-2)21(24)27(23(26)30)15-16-8-6-5-7-9-16/h5-13,25H,3-4,14-15,24H2,1-2H3. The SMILES string of the molecule is CCOc1ccc(NCC(=O)c2c(N)n(Cc3ccccc3)c(=O)n(CC)c2=O)cc1. The highest BCUT2D eigenvalue weighted by molar-refractivity contribution is 6.02. The number of benzene rings is 2. The topological polar surface area (TPSA) is 108 Å². The minimum absolute atomic E-state index is 0.123. The van der Waals surface area contributed by atoms with E-state index >= 15 is 0 Å². The Hall–Kier alpha value is -3.81. The van der Waals surface area contributed by atoms with Gasteiger partial charge < -0.3 is 15.8 Å². The Morgan fingerprint density at radius 3 is 2.29 bits per heavy atom. The molecule has 3 rings (SSSR count). The number of ether oxygens (including phenoxy) is 1. The minimum Gasteiger partial charge on any atom is -0.494 e. The molecule has 1 heterocycles. The molecule has 1 aromatic heterocycles. The van der Waals surface area contributed by atoms with E-state index in [4.69, 9.17) is 10.5 Å². The van der Waals surface area contributed by atoms with Crippen LogP contribution in [0.3, 0.4) is 0 Å². The zero-order valence-electron chi connectivity index (χ0n) is 17.6. The number of aromatic nitrogens is 2. The fraction of sp³-hybridized carbons (Fsp3) is 0.261. The molecule has 3 N–H and O–H groups in total. The molecule has 0 saturated heterocycles. The molecule has 0 spiro atoms. The molecule has 0 unspecified atom stereocenters. The quantitative estimate of drug-likeness (QED) is 0.513. The molecular weight excluding hydrogens is 396 g/mol.